The zero-order chi connectivity index (χ0) is 15.0. The Labute approximate surface area is 118 Å². The van der Waals surface area contributed by atoms with Crippen molar-refractivity contribution in [2.45, 2.75) is 0 Å². The summed E-state index contributed by atoms with van der Waals surface area (Å²) >= 11 is 0. The molecule has 0 saturated carbocycles. The number of hydrogen-bond donors (Lipinski definition) is 2. The zero-order valence-electron chi connectivity index (χ0n) is 10.7. The highest BCUT2D eigenvalue weighted by molar-refractivity contribution is 5.86. The fourth-order valence-corrected chi connectivity index (χ4v) is 2.19. The van der Waals surface area contributed by atoms with Gasteiger partial charge in [0.1, 0.15) is 0 Å². The van der Waals surface area contributed by atoms with E-state index in [9.17, 15) is 20.0 Å². The molecule has 0 aliphatic rings. The molecule has 0 fully saturated rings. The normalized spacial score (nSPS) is 10.7. The van der Waals surface area contributed by atoms with Crippen molar-refractivity contribution in [2.75, 3.05) is 0 Å². The number of nitrogens with zero attached hydrogens (tertiary/aromatic N) is 1. The minimum Gasteiger partial charge on any atom is -0.503 e. The predicted molar refractivity (Wildman–Crippen MR) is 78.3 cm³/mol. The van der Waals surface area contributed by atoms with E-state index in [0.29, 0.717) is 16.8 Å². The molecule has 0 radical (unpaired) electrons. The average Bonchev–Trinajstić information content (AvgIpc) is 2.51. The number of nitrogens with one attached hydrogen (secondary N) is 1. The number of pyridine rings is 1. The monoisotopic (exact) mass is 282 g/mol. The standard InChI is InChI=1S/C15H10N2O4/c18-14-11-8-10(17(20)21)6-7-12(11)16-13(15(14)19)9-4-2-1-3-5-9/h1-8,19H,(H,16,18). The number of H-pyrrole nitrogens is 1. The van der Waals surface area contributed by atoms with E-state index in [1.54, 1.807) is 24.3 Å². The molecule has 104 valence electrons. The number of nitro benzene ring substituents is 1. The van der Waals surface area contributed by atoms with Crippen molar-refractivity contribution < 1.29 is 10.0 Å². The average molecular weight is 282 g/mol. The number of non-ortho nitro benzene ring substituents is 1. The van der Waals surface area contributed by atoms with Gasteiger partial charge in [-0.2, -0.15) is 0 Å². The van der Waals surface area contributed by atoms with Gasteiger partial charge in [0.2, 0.25) is 5.43 Å². The minimum absolute atomic E-state index is 0.0846. The third kappa shape index (κ3) is 2.12. The third-order valence-electron chi connectivity index (χ3n) is 3.23. The number of nitro groups is 1. The lowest BCUT2D eigenvalue weighted by atomic mass is 10.1. The van der Waals surface area contributed by atoms with Crippen molar-refractivity contribution >= 4 is 16.6 Å². The number of fused-ring (bicyclic) bond motifs is 1. The topological polar surface area (TPSA) is 96.2 Å². The number of aromatic amines is 1. The molecule has 0 bridgehead atoms. The summed E-state index contributed by atoms with van der Waals surface area (Å²) < 4.78 is 0. The first-order chi connectivity index (χ1) is 10.1. The SMILES string of the molecule is O=c1c(O)c(-c2ccccc2)[nH]c2ccc([N+](=O)[O-])cc12. The quantitative estimate of drug-likeness (QED) is 0.558. The van der Waals surface area contributed by atoms with Gasteiger partial charge < -0.3 is 10.1 Å². The molecule has 1 heterocycles. The van der Waals surface area contributed by atoms with Crippen LogP contribution in [-0.2, 0) is 0 Å². The van der Waals surface area contributed by atoms with E-state index in [2.05, 4.69) is 4.98 Å². The lowest BCUT2D eigenvalue weighted by molar-refractivity contribution is -0.384. The molecule has 0 saturated heterocycles. The molecular weight excluding hydrogens is 272 g/mol. The van der Waals surface area contributed by atoms with Gasteiger partial charge in [-0.05, 0) is 6.07 Å². The molecule has 0 unspecified atom stereocenters. The lowest BCUT2D eigenvalue weighted by Crippen LogP contribution is -2.05. The fourth-order valence-electron chi connectivity index (χ4n) is 2.19. The Morgan fingerprint density at radius 1 is 1.10 bits per heavy atom. The predicted octanol–water partition coefficient (Wildman–Crippen LogP) is 2.81. The molecule has 0 aliphatic heterocycles. The van der Waals surface area contributed by atoms with Gasteiger partial charge in [0.05, 0.1) is 21.5 Å². The summed E-state index contributed by atoms with van der Waals surface area (Å²) in [5, 5.41) is 20.9. The fraction of sp³-hybridized carbons (Fsp3) is 0. The largest absolute Gasteiger partial charge is 0.503 e. The summed E-state index contributed by atoms with van der Waals surface area (Å²) in [5.74, 6) is -0.450. The van der Waals surface area contributed by atoms with Gasteiger partial charge in [-0.3, -0.25) is 14.9 Å². The van der Waals surface area contributed by atoms with E-state index in [0.717, 1.165) is 6.07 Å². The maximum Gasteiger partial charge on any atom is 0.270 e. The zero-order valence-corrected chi connectivity index (χ0v) is 10.7. The molecule has 0 aliphatic carbocycles. The van der Waals surface area contributed by atoms with Crippen molar-refractivity contribution in [3.05, 3.63) is 68.9 Å². The van der Waals surface area contributed by atoms with Crippen LogP contribution in [0.2, 0.25) is 0 Å². The van der Waals surface area contributed by atoms with Gasteiger partial charge >= 0.3 is 0 Å². The van der Waals surface area contributed by atoms with Gasteiger partial charge in [0.15, 0.2) is 5.75 Å². The summed E-state index contributed by atoms with van der Waals surface area (Å²) in [4.78, 5) is 25.3. The highest BCUT2D eigenvalue weighted by Gasteiger charge is 2.15. The van der Waals surface area contributed by atoms with Gasteiger partial charge in [-0.15, -0.1) is 0 Å². The second-order valence-electron chi connectivity index (χ2n) is 4.53. The number of rotatable bonds is 2. The Balaban J connectivity index is 2.32. The summed E-state index contributed by atoms with van der Waals surface area (Å²) in [5.41, 5.74) is 0.558. The number of hydrogen-bond acceptors (Lipinski definition) is 4. The van der Waals surface area contributed by atoms with Crippen LogP contribution >= 0.6 is 0 Å². The number of benzene rings is 2. The number of aromatic nitrogens is 1. The molecule has 3 rings (SSSR count). The molecule has 2 N–H and O–H groups in total. The van der Waals surface area contributed by atoms with E-state index < -0.39 is 16.1 Å². The number of aromatic hydroxyl groups is 1. The first-order valence-corrected chi connectivity index (χ1v) is 6.17. The molecule has 0 spiro atoms. The van der Waals surface area contributed by atoms with Crippen molar-refractivity contribution in [3.63, 3.8) is 0 Å². The van der Waals surface area contributed by atoms with E-state index in [1.807, 2.05) is 6.07 Å². The van der Waals surface area contributed by atoms with Gasteiger partial charge in [-0.1, -0.05) is 30.3 Å². The molecule has 6 heteroatoms. The van der Waals surface area contributed by atoms with Crippen molar-refractivity contribution in [1.82, 2.24) is 4.98 Å². The van der Waals surface area contributed by atoms with E-state index in [4.69, 9.17) is 0 Å². The Morgan fingerprint density at radius 3 is 2.48 bits per heavy atom. The van der Waals surface area contributed by atoms with Crippen LogP contribution in [0.5, 0.6) is 5.75 Å². The molecule has 0 amide bonds. The highest BCUT2D eigenvalue weighted by atomic mass is 16.6. The summed E-state index contributed by atoms with van der Waals surface area (Å²) in [6.45, 7) is 0. The third-order valence-corrected chi connectivity index (χ3v) is 3.23. The Morgan fingerprint density at radius 2 is 1.81 bits per heavy atom. The van der Waals surface area contributed by atoms with Crippen molar-refractivity contribution in [1.29, 1.82) is 0 Å². The van der Waals surface area contributed by atoms with E-state index in [1.165, 1.54) is 12.1 Å². The minimum atomic E-state index is -0.633. The van der Waals surface area contributed by atoms with E-state index in [-0.39, 0.29) is 11.1 Å². The summed E-state index contributed by atoms with van der Waals surface area (Å²) in [7, 11) is 0. The first kappa shape index (κ1) is 12.9. The maximum absolute atomic E-state index is 12.2. The van der Waals surface area contributed by atoms with Crippen LogP contribution in [0, 0.1) is 10.1 Å². The van der Waals surface area contributed by atoms with Gasteiger partial charge in [0, 0.05) is 17.7 Å². The molecule has 3 aromatic rings. The maximum atomic E-state index is 12.2. The smallest absolute Gasteiger partial charge is 0.270 e. The van der Waals surface area contributed by atoms with Crippen LogP contribution in [0.3, 0.4) is 0 Å². The van der Waals surface area contributed by atoms with Gasteiger partial charge in [-0.25, -0.2) is 0 Å². The Hall–Kier alpha value is -3.15. The van der Waals surface area contributed by atoms with Crippen LogP contribution in [0.15, 0.2) is 53.3 Å². The molecule has 21 heavy (non-hydrogen) atoms. The van der Waals surface area contributed by atoms with Crippen LogP contribution in [0.4, 0.5) is 5.69 Å². The Bertz CT molecular complexity index is 901. The second kappa shape index (κ2) is 4.75. The second-order valence-corrected chi connectivity index (χ2v) is 4.53. The van der Waals surface area contributed by atoms with Crippen molar-refractivity contribution in [2.24, 2.45) is 0 Å². The van der Waals surface area contributed by atoms with E-state index >= 15 is 0 Å². The van der Waals surface area contributed by atoms with Crippen LogP contribution in [0.1, 0.15) is 0 Å². The van der Waals surface area contributed by atoms with Crippen LogP contribution < -0.4 is 5.43 Å². The summed E-state index contributed by atoms with van der Waals surface area (Å²) in [6, 6.07) is 12.8. The first-order valence-electron chi connectivity index (χ1n) is 6.17. The van der Waals surface area contributed by atoms with Crippen LogP contribution in [0.25, 0.3) is 22.2 Å². The van der Waals surface area contributed by atoms with Gasteiger partial charge in [0.25, 0.3) is 5.69 Å². The molecular formula is C15H10N2O4. The van der Waals surface area contributed by atoms with Crippen molar-refractivity contribution in [3.8, 4) is 17.0 Å². The lowest BCUT2D eigenvalue weighted by Gasteiger charge is -2.07. The molecule has 0 atom stereocenters. The molecule has 6 nitrogen and oxygen atoms in total. The Kier molecular flexibility index (Phi) is 2.91. The van der Waals surface area contributed by atoms with Crippen LogP contribution in [-0.4, -0.2) is 15.0 Å². The highest BCUT2D eigenvalue weighted by Crippen LogP contribution is 2.27. The molecule has 1 aromatic heterocycles. The molecule has 2 aromatic carbocycles. The summed E-state index contributed by atoms with van der Waals surface area (Å²) in [6.07, 6.45) is 0.